The predicted molar refractivity (Wildman–Crippen MR) is 77.6 cm³/mol. The summed E-state index contributed by atoms with van der Waals surface area (Å²) in [6.07, 6.45) is 0.986. The van der Waals surface area contributed by atoms with Crippen LogP contribution in [0.25, 0.3) is 0 Å². The van der Waals surface area contributed by atoms with E-state index in [1.165, 1.54) is 10.4 Å². The maximum absolute atomic E-state index is 9.23. The van der Waals surface area contributed by atoms with E-state index in [1.54, 1.807) is 23.5 Å². The van der Waals surface area contributed by atoms with Gasteiger partial charge < -0.3 is 10.4 Å². The smallest absolute Gasteiger partial charge is 0.115 e. The minimum Gasteiger partial charge on any atom is -0.508 e. The van der Waals surface area contributed by atoms with Gasteiger partial charge in [0, 0.05) is 17.5 Å². The van der Waals surface area contributed by atoms with E-state index in [4.69, 9.17) is 11.6 Å². The van der Waals surface area contributed by atoms with Crippen LogP contribution < -0.4 is 5.32 Å². The van der Waals surface area contributed by atoms with Crippen molar-refractivity contribution in [1.29, 1.82) is 0 Å². The van der Waals surface area contributed by atoms with Crippen LogP contribution in [0.4, 0.5) is 0 Å². The topological polar surface area (TPSA) is 32.3 Å². The molecule has 18 heavy (non-hydrogen) atoms. The third-order valence-corrected chi connectivity index (χ3v) is 4.13. The van der Waals surface area contributed by atoms with Gasteiger partial charge in [0.2, 0.25) is 0 Å². The van der Waals surface area contributed by atoms with Crippen LogP contribution in [-0.4, -0.2) is 11.7 Å². The van der Waals surface area contributed by atoms with Gasteiger partial charge in [0.15, 0.2) is 0 Å². The normalized spacial score (nSPS) is 12.6. The summed E-state index contributed by atoms with van der Waals surface area (Å²) in [4.78, 5) is 1.30. The maximum Gasteiger partial charge on any atom is 0.115 e. The van der Waals surface area contributed by atoms with Crippen LogP contribution in [0, 0.1) is 0 Å². The Kier molecular flexibility index (Phi) is 4.64. The highest BCUT2D eigenvalue weighted by molar-refractivity contribution is 7.16. The fourth-order valence-corrected chi connectivity index (χ4v) is 2.87. The van der Waals surface area contributed by atoms with Crippen LogP contribution in [0.5, 0.6) is 5.75 Å². The second kappa shape index (κ2) is 6.23. The van der Waals surface area contributed by atoms with E-state index >= 15 is 0 Å². The van der Waals surface area contributed by atoms with E-state index in [0.29, 0.717) is 5.75 Å². The van der Waals surface area contributed by atoms with Crippen molar-refractivity contribution in [3.63, 3.8) is 0 Å². The first-order valence-electron chi connectivity index (χ1n) is 5.91. The lowest BCUT2D eigenvalue weighted by Crippen LogP contribution is -2.20. The van der Waals surface area contributed by atoms with E-state index < -0.39 is 0 Å². The van der Waals surface area contributed by atoms with Crippen LogP contribution in [0.1, 0.15) is 23.4 Å². The molecule has 96 valence electrons. The summed E-state index contributed by atoms with van der Waals surface area (Å²) in [5, 5.41) is 12.7. The molecule has 0 spiro atoms. The van der Waals surface area contributed by atoms with Gasteiger partial charge in [-0.1, -0.05) is 23.7 Å². The van der Waals surface area contributed by atoms with E-state index in [9.17, 15) is 5.11 Å². The molecule has 1 aromatic carbocycles. The van der Waals surface area contributed by atoms with Crippen molar-refractivity contribution in [3.05, 3.63) is 51.2 Å². The highest BCUT2D eigenvalue weighted by atomic mass is 35.5. The first-order valence-corrected chi connectivity index (χ1v) is 7.11. The molecule has 0 saturated carbocycles. The Morgan fingerprint density at radius 2 is 1.94 bits per heavy atom. The summed E-state index contributed by atoms with van der Waals surface area (Å²) in [6, 6.07) is 11.6. The van der Waals surface area contributed by atoms with E-state index in [2.05, 4.69) is 18.3 Å². The predicted octanol–water partition coefficient (Wildman–Crippen LogP) is 4.00. The van der Waals surface area contributed by atoms with E-state index in [-0.39, 0.29) is 6.04 Å². The molecule has 1 unspecified atom stereocenters. The SMILES string of the molecule is CC(NCCc1ccc(Cl)s1)c1ccc(O)cc1. The number of phenolic OH excluding ortho intramolecular Hbond substituents is 1. The monoisotopic (exact) mass is 281 g/mol. The molecular formula is C14H16ClNOS. The van der Waals surface area contributed by atoms with Crippen molar-refractivity contribution < 1.29 is 5.11 Å². The molecule has 0 radical (unpaired) electrons. The van der Waals surface area contributed by atoms with Gasteiger partial charge in [0.05, 0.1) is 4.34 Å². The van der Waals surface area contributed by atoms with Gasteiger partial charge in [-0.15, -0.1) is 11.3 Å². The largest absolute Gasteiger partial charge is 0.508 e. The molecule has 2 aromatic rings. The number of phenols is 1. The molecule has 0 saturated heterocycles. The van der Waals surface area contributed by atoms with E-state index in [1.807, 2.05) is 18.2 Å². The van der Waals surface area contributed by atoms with Crippen molar-refractivity contribution in [1.82, 2.24) is 5.32 Å². The quantitative estimate of drug-likeness (QED) is 0.868. The molecule has 2 nitrogen and oxygen atoms in total. The summed E-state index contributed by atoms with van der Waals surface area (Å²) in [6.45, 7) is 3.03. The molecule has 2 rings (SSSR count). The lowest BCUT2D eigenvalue weighted by atomic mass is 10.1. The van der Waals surface area contributed by atoms with Gasteiger partial charge in [-0.2, -0.15) is 0 Å². The summed E-state index contributed by atoms with van der Waals surface area (Å²) < 4.78 is 0.844. The molecule has 0 bridgehead atoms. The molecule has 1 atom stereocenters. The third kappa shape index (κ3) is 3.73. The lowest BCUT2D eigenvalue weighted by Gasteiger charge is -2.13. The van der Waals surface area contributed by atoms with Gasteiger partial charge in [-0.05, 0) is 43.2 Å². The first kappa shape index (κ1) is 13.4. The van der Waals surface area contributed by atoms with Crippen molar-refractivity contribution in [2.75, 3.05) is 6.54 Å². The van der Waals surface area contributed by atoms with E-state index in [0.717, 1.165) is 17.3 Å². The molecule has 1 heterocycles. The lowest BCUT2D eigenvalue weighted by molar-refractivity contribution is 0.474. The highest BCUT2D eigenvalue weighted by Gasteiger charge is 2.05. The fourth-order valence-electron chi connectivity index (χ4n) is 1.78. The fraction of sp³-hybridized carbons (Fsp3) is 0.286. The van der Waals surface area contributed by atoms with Gasteiger partial charge in [0.1, 0.15) is 5.75 Å². The Hall–Kier alpha value is -1.03. The van der Waals surface area contributed by atoms with Crippen molar-refractivity contribution in [2.45, 2.75) is 19.4 Å². The van der Waals surface area contributed by atoms with Gasteiger partial charge in [0.25, 0.3) is 0 Å². The molecule has 0 aliphatic carbocycles. The van der Waals surface area contributed by atoms with Crippen LogP contribution in [0.3, 0.4) is 0 Å². The zero-order valence-corrected chi connectivity index (χ0v) is 11.8. The molecule has 4 heteroatoms. The van der Waals surface area contributed by atoms with Crippen molar-refractivity contribution >= 4 is 22.9 Å². The minimum atomic E-state index is 0.279. The molecule has 0 aliphatic heterocycles. The first-order chi connectivity index (χ1) is 8.65. The summed E-state index contributed by atoms with van der Waals surface area (Å²) >= 11 is 7.52. The zero-order valence-electron chi connectivity index (χ0n) is 10.2. The minimum absolute atomic E-state index is 0.279. The molecule has 0 aliphatic rings. The second-order valence-electron chi connectivity index (χ2n) is 4.22. The second-order valence-corrected chi connectivity index (χ2v) is 6.02. The average Bonchev–Trinajstić information content (AvgIpc) is 2.76. The average molecular weight is 282 g/mol. The molecular weight excluding hydrogens is 266 g/mol. The molecule has 0 fully saturated rings. The van der Waals surface area contributed by atoms with Gasteiger partial charge in [-0.3, -0.25) is 0 Å². The number of nitrogens with one attached hydrogen (secondary N) is 1. The third-order valence-electron chi connectivity index (χ3n) is 2.84. The number of thiophene rings is 1. The number of benzene rings is 1. The number of rotatable bonds is 5. The maximum atomic E-state index is 9.23. The molecule has 0 amide bonds. The Bertz CT molecular complexity index is 495. The molecule has 1 aromatic heterocycles. The zero-order chi connectivity index (χ0) is 13.0. The standard InChI is InChI=1S/C14H16ClNOS/c1-10(11-2-4-12(17)5-3-11)16-9-8-13-6-7-14(15)18-13/h2-7,10,16-17H,8-9H2,1H3. The van der Waals surface area contributed by atoms with Crippen molar-refractivity contribution in [3.8, 4) is 5.75 Å². The summed E-state index contributed by atoms with van der Waals surface area (Å²) in [5.74, 6) is 0.305. The summed E-state index contributed by atoms with van der Waals surface area (Å²) in [7, 11) is 0. The van der Waals surface area contributed by atoms with Crippen molar-refractivity contribution in [2.24, 2.45) is 0 Å². The Morgan fingerprint density at radius 1 is 1.22 bits per heavy atom. The van der Waals surface area contributed by atoms with Gasteiger partial charge >= 0.3 is 0 Å². The van der Waals surface area contributed by atoms with Gasteiger partial charge in [-0.25, -0.2) is 0 Å². The van der Waals surface area contributed by atoms with Crippen LogP contribution in [0.2, 0.25) is 4.34 Å². The Labute approximate surface area is 116 Å². The number of halogens is 1. The van der Waals surface area contributed by atoms with Crippen LogP contribution in [-0.2, 0) is 6.42 Å². The van der Waals surface area contributed by atoms with Crippen LogP contribution >= 0.6 is 22.9 Å². The highest BCUT2D eigenvalue weighted by Crippen LogP contribution is 2.22. The summed E-state index contributed by atoms with van der Waals surface area (Å²) in [5.41, 5.74) is 1.18. The Morgan fingerprint density at radius 3 is 2.56 bits per heavy atom. The molecule has 2 N–H and O–H groups in total. The van der Waals surface area contributed by atoms with Crippen LogP contribution in [0.15, 0.2) is 36.4 Å². The Balaban J connectivity index is 1.81. The number of aromatic hydroxyl groups is 1. The number of hydrogen-bond acceptors (Lipinski definition) is 3. The number of hydrogen-bond donors (Lipinski definition) is 2.